The first-order chi connectivity index (χ1) is 16.6. The molecule has 0 aliphatic carbocycles. The number of methoxy groups -OCH3 is 2. The van der Waals surface area contributed by atoms with Crippen LogP contribution in [0.15, 0.2) is 72.9 Å². The molecular formula is C28H29NO5. The number of ether oxygens (including phenoxy) is 3. The van der Waals surface area contributed by atoms with Crippen LogP contribution in [-0.2, 0) is 16.0 Å². The Morgan fingerprint density at radius 2 is 1.74 bits per heavy atom. The normalized spacial score (nSPS) is 12.9. The van der Waals surface area contributed by atoms with Gasteiger partial charge in [-0.1, -0.05) is 36.4 Å². The van der Waals surface area contributed by atoms with Crippen molar-refractivity contribution in [2.24, 2.45) is 0 Å². The molecule has 0 bridgehead atoms. The number of anilines is 1. The number of para-hydroxylation sites is 1. The predicted molar refractivity (Wildman–Crippen MR) is 134 cm³/mol. The Morgan fingerprint density at radius 3 is 2.47 bits per heavy atom. The van der Waals surface area contributed by atoms with E-state index in [9.17, 15) is 4.79 Å². The van der Waals surface area contributed by atoms with Crippen LogP contribution in [0, 0.1) is 0 Å². The first-order valence-corrected chi connectivity index (χ1v) is 11.3. The van der Waals surface area contributed by atoms with Gasteiger partial charge in [0.05, 0.1) is 13.7 Å². The Bertz CT molecular complexity index is 1160. The van der Waals surface area contributed by atoms with Crippen LogP contribution in [0.5, 0.6) is 11.5 Å². The largest absolute Gasteiger partial charge is 0.497 e. The molecule has 1 heterocycles. The number of hydrogen-bond acceptors (Lipinski definition) is 5. The molecule has 0 saturated heterocycles. The lowest BCUT2D eigenvalue weighted by atomic mass is 9.98. The zero-order valence-corrected chi connectivity index (χ0v) is 19.4. The molecule has 4 rings (SSSR count). The van der Waals surface area contributed by atoms with Gasteiger partial charge in [0.25, 0.3) is 0 Å². The highest BCUT2D eigenvalue weighted by molar-refractivity contribution is 5.88. The summed E-state index contributed by atoms with van der Waals surface area (Å²) in [5, 5.41) is 9.13. The molecule has 6 nitrogen and oxygen atoms in total. The second-order valence-corrected chi connectivity index (χ2v) is 8.09. The van der Waals surface area contributed by atoms with Crippen molar-refractivity contribution in [1.29, 1.82) is 0 Å². The molecule has 1 unspecified atom stereocenters. The van der Waals surface area contributed by atoms with E-state index in [0.29, 0.717) is 13.0 Å². The highest BCUT2D eigenvalue weighted by Crippen LogP contribution is 2.38. The lowest BCUT2D eigenvalue weighted by Gasteiger charge is -2.22. The van der Waals surface area contributed by atoms with Crippen molar-refractivity contribution >= 4 is 17.7 Å². The molecular weight excluding hydrogens is 430 g/mol. The highest BCUT2D eigenvalue weighted by atomic mass is 16.5. The van der Waals surface area contributed by atoms with Crippen molar-refractivity contribution in [3.63, 3.8) is 0 Å². The van der Waals surface area contributed by atoms with Gasteiger partial charge in [-0.3, -0.25) is 0 Å². The second-order valence-electron chi connectivity index (χ2n) is 8.09. The molecule has 1 atom stereocenters. The van der Waals surface area contributed by atoms with Gasteiger partial charge in [-0.25, -0.2) is 4.79 Å². The van der Waals surface area contributed by atoms with Crippen molar-refractivity contribution in [3.05, 3.63) is 84.1 Å². The van der Waals surface area contributed by atoms with Crippen molar-refractivity contribution in [3.8, 4) is 22.6 Å². The fourth-order valence-electron chi connectivity index (χ4n) is 4.07. The number of hydrogen-bond donors (Lipinski definition) is 1. The van der Waals surface area contributed by atoms with Crippen molar-refractivity contribution in [2.45, 2.75) is 18.9 Å². The smallest absolute Gasteiger partial charge is 0.333 e. The quantitative estimate of drug-likeness (QED) is 0.417. The number of carboxylic acids is 1. The van der Waals surface area contributed by atoms with Gasteiger partial charge in [0.1, 0.15) is 11.5 Å². The zero-order valence-electron chi connectivity index (χ0n) is 19.4. The van der Waals surface area contributed by atoms with E-state index in [2.05, 4.69) is 53.6 Å². The molecule has 3 aromatic rings. The third kappa shape index (κ3) is 5.41. The summed E-state index contributed by atoms with van der Waals surface area (Å²) in [4.78, 5) is 13.4. The molecule has 0 spiro atoms. The fourth-order valence-corrected chi connectivity index (χ4v) is 4.07. The number of rotatable bonds is 10. The first-order valence-electron chi connectivity index (χ1n) is 11.3. The fraction of sp³-hybridized carbons (Fsp3) is 0.250. The topological polar surface area (TPSA) is 68.2 Å². The Hall–Kier alpha value is -3.77. The summed E-state index contributed by atoms with van der Waals surface area (Å²) in [6.07, 6.45) is 4.58. The minimum absolute atomic E-state index is 0.321. The van der Waals surface area contributed by atoms with Crippen molar-refractivity contribution in [2.75, 3.05) is 32.3 Å². The van der Waals surface area contributed by atoms with Crippen molar-refractivity contribution in [1.82, 2.24) is 0 Å². The summed E-state index contributed by atoms with van der Waals surface area (Å²) in [5.74, 6) is 0.643. The summed E-state index contributed by atoms with van der Waals surface area (Å²) in [7, 11) is 3.09. The Balaban J connectivity index is 1.36. The van der Waals surface area contributed by atoms with E-state index in [1.807, 2.05) is 30.3 Å². The lowest BCUT2D eigenvalue weighted by Crippen LogP contribution is -2.24. The van der Waals surface area contributed by atoms with Gasteiger partial charge in [0.15, 0.2) is 6.10 Å². The average Bonchev–Trinajstić information content (AvgIpc) is 3.02. The summed E-state index contributed by atoms with van der Waals surface area (Å²) in [6.45, 7) is 1.38. The van der Waals surface area contributed by atoms with Crippen LogP contribution in [0.25, 0.3) is 17.2 Å². The number of carbonyl (C=O) groups is 1. The third-order valence-corrected chi connectivity index (χ3v) is 5.91. The van der Waals surface area contributed by atoms with Gasteiger partial charge in [-0.15, -0.1) is 0 Å². The van der Waals surface area contributed by atoms with Gasteiger partial charge < -0.3 is 24.2 Å². The minimum atomic E-state index is -0.964. The molecule has 3 aromatic carbocycles. The standard InChI is InChI=1S/C28H29NO5/c1-32-23-13-10-21-14-16-29(26-7-4-3-6-24(26)25(21)19-23)15-5-17-34-22-11-8-20(9-12-22)18-27(33-2)28(30)31/h3-4,6-14,16,19,27H,5,15,17-18H2,1-2H3,(H,30,31). The maximum Gasteiger partial charge on any atom is 0.333 e. The summed E-state index contributed by atoms with van der Waals surface area (Å²) in [5.41, 5.74) is 5.54. The maximum absolute atomic E-state index is 11.1. The predicted octanol–water partition coefficient (Wildman–Crippen LogP) is 5.26. The number of carboxylic acid groups (broad SMARTS) is 1. The van der Waals surface area contributed by atoms with E-state index < -0.39 is 12.1 Å². The molecule has 176 valence electrons. The summed E-state index contributed by atoms with van der Waals surface area (Å²) < 4.78 is 16.4. The number of aliphatic carboxylic acids is 1. The van der Waals surface area contributed by atoms with Crippen LogP contribution >= 0.6 is 0 Å². The molecule has 0 saturated carbocycles. The van der Waals surface area contributed by atoms with Crippen LogP contribution in [-0.4, -0.2) is 44.6 Å². The zero-order chi connectivity index (χ0) is 23.9. The molecule has 34 heavy (non-hydrogen) atoms. The third-order valence-electron chi connectivity index (χ3n) is 5.91. The average molecular weight is 460 g/mol. The summed E-state index contributed by atoms with van der Waals surface area (Å²) in [6, 6.07) is 22.0. The lowest BCUT2D eigenvalue weighted by molar-refractivity contribution is -0.148. The van der Waals surface area contributed by atoms with Gasteiger partial charge in [-0.05, 0) is 59.5 Å². The van der Waals surface area contributed by atoms with E-state index in [4.69, 9.17) is 19.3 Å². The number of fused-ring (bicyclic) bond motifs is 3. The molecule has 0 fully saturated rings. The van der Waals surface area contributed by atoms with Gasteiger partial charge >= 0.3 is 5.97 Å². The molecule has 0 radical (unpaired) electrons. The van der Waals surface area contributed by atoms with Gasteiger partial charge in [-0.2, -0.15) is 0 Å². The Morgan fingerprint density at radius 1 is 0.971 bits per heavy atom. The molecule has 0 aromatic heterocycles. The van der Waals surface area contributed by atoms with Crippen molar-refractivity contribution < 1.29 is 24.1 Å². The van der Waals surface area contributed by atoms with Gasteiger partial charge in [0, 0.05) is 37.5 Å². The monoisotopic (exact) mass is 459 g/mol. The Kier molecular flexibility index (Phi) is 7.50. The molecule has 1 aliphatic heterocycles. The second kappa shape index (κ2) is 10.9. The number of benzene rings is 3. The van der Waals surface area contributed by atoms with Crippen LogP contribution < -0.4 is 14.4 Å². The SMILES string of the molecule is COc1ccc2c(c1)-c1ccccc1N(CCCOc1ccc(CC(OC)C(=O)O)cc1)C=C2. The van der Waals surface area contributed by atoms with E-state index in [1.54, 1.807) is 7.11 Å². The van der Waals surface area contributed by atoms with E-state index in [1.165, 1.54) is 12.7 Å². The number of nitrogens with zero attached hydrogens (tertiary/aromatic N) is 1. The first kappa shape index (κ1) is 23.4. The van der Waals surface area contributed by atoms with Crippen LogP contribution in [0.2, 0.25) is 0 Å². The van der Waals surface area contributed by atoms with Gasteiger partial charge in [0.2, 0.25) is 0 Å². The minimum Gasteiger partial charge on any atom is -0.497 e. The van der Waals surface area contributed by atoms with Crippen LogP contribution in [0.4, 0.5) is 5.69 Å². The summed E-state index contributed by atoms with van der Waals surface area (Å²) >= 11 is 0. The maximum atomic E-state index is 11.1. The molecule has 1 aliphatic rings. The van der Waals surface area contributed by atoms with E-state index >= 15 is 0 Å². The van der Waals surface area contributed by atoms with Crippen LogP contribution in [0.1, 0.15) is 17.5 Å². The molecule has 0 amide bonds. The molecule has 6 heteroatoms. The van der Waals surface area contributed by atoms with E-state index in [-0.39, 0.29) is 0 Å². The molecule has 1 N–H and O–H groups in total. The van der Waals surface area contributed by atoms with E-state index in [0.717, 1.165) is 46.8 Å². The van der Waals surface area contributed by atoms with Crippen LogP contribution in [0.3, 0.4) is 0 Å². The Labute approximate surface area is 200 Å². The highest BCUT2D eigenvalue weighted by Gasteiger charge is 2.18.